The highest BCUT2D eigenvalue weighted by Crippen LogP contribution is 2.36. The van der Waals surface area contributed by atoms with Crippen LogP contribution in [0.25, 0.3) is 0 Å². The van der Waals surface area contributed by atoms with Gasteiger partial charge in [-0.2, -0.15) is 4.39 Å². The van der Waals surface area contributed by atoms with E-state index in [0.29, 0.717) is 19.2 Å². The van der Waals surface area contributed by atoms with E-state index in [1.165, 1.54) is 16.0 Å². The number of allylic oxidation sites excluding steroid dienone is 1. The van der Waals surface area contributed by atoms with Gasteiger partial charge in [0, 0.05) is 13.1 Å². The Morgan fingerprint density at radius 2 is 1.64 bits per heavy atom. The van der Waals surface area contributed by atoms with Gasteiger partial charge in [-0.05, 0) is 31.7 Å². The molecule has 1 heterocycles. The van der Waals surface area contributed by atoms with E-state index < -0.39 is 34.7 Å². The molecule has 2 fully saturated rings. The molecular weight excluding hydrogens is 295 g/mol. The number of likely N-dealkylation sites (tertiary alicyclic amines) is 1. The van der Waals surface area contributed by atoms with Gasteiger partial charge in [-0.15, -0.1) is 0 Å². The lowest BCUT2D eigenvalue weighted by Crippen LogP contribution is -2.37. The lowest BCUT2D eigenvalue weighted by Gasteiger charge is -2.29. The number of carbonyl (C=O) groups is 1. The molecule has 2 aliphatic rings. The Labute approximate surface area is 126 Å². The zero-order valence-corrected chi connectivity index (χ0v) is 12.2. The maximum atomic E-state index is 14.1. The van der Waals surface area contributed by atoms with Crippen molar-refractivity contribution in [2.75, 3.05) is 20.2 Å². The molecule has 0 unspecified atom stereocenters. The molecule has 3 nitrogen and oxygen atoms in total. The molecule has 0 radical (unpaired) electrons. The van der Waals surface area contributed by atoms with E-state index in [1.54, 1.807) is 0 Å². The Bertz CT molecular complexity index is 654. The van der Waals surface area contributed by atoms with Crippen molar-refractivity contribution in [3.63, 3.8) is 0 Å². The van der Waals surface area contributed by atoms with Crippen LogP contribution in [0.5, 0.6) is 5.75 Å². The van der Waals surface area contributed by atoms with Gasteiger partial charge in [0.15, 0.2) is 17.4 Å². The number of halogens is 3. The predicted octanol–water partition coefficient (Wildman–Crippen LogP) is 3.44. The van der Waals surface area contributed by atoms with E-state index in [2.05, 4.69) is 4.74 Å². The highest BCUT2D eigenvalue weighted by molar-refractivity contribution is 5.95. The molecule has 1 aromatic carbocycles. The van der Waals surface area contributed by atoms with Gasteiger partial charge < -0.3 is 9.64 Å². The van der Waals surface area contributed by atoms with Crippen LogP contribution in [0.1, 0.15) is 36.0 Å². The van der Waals surface area contributed by atoms with Crippen molar-refractivity contribution in [3.8, 4) is 5.75 Å². The first kappa shape index (κ1) is 14.9. The van der Waals surface area contributed by atoms with E-state index in [9.17, 15) is 18.0 Å². The van der Waals surface area contributed by atoms with Crippen molar-refractivity contribution in [3.05, 3.63) is 40.2 Å². The van der Waals surface area contributed by atoms with Crippen molar-refractivity contribution in [1.82, 2.24) is 4.90 Å². The maximum absolute atomic E-state index is 14.1. The van der Waals surface area contributed by atoms with Crippen LogP contribution in [0, 0.1) is 17.5 Å². The second-order valence-electron chi connectivity index (χ2n) is 5.57. The normalized spacial score (nSPS) is 17.7. The van der Waals surface area contributed by atoms with Gasteiger partial charge in [-0.25, -0.2) is 8.78 Å². The molecular formula is C16H16F3NO2. The number of amides is 1. The molecule has 1 aromatic rings. The number of rotatable bonds is 2. The Hall–Kier alpha value is -1.98. The van der Waals surface area contributed by atoms with Crippen molar-refractivity contribution in [1.29, 1.82) is 0 Å². The minimum absolute atomic E-state index is 0.471. The van der Waals surface area contributed by atoms with E-state index in [1.807, 2.05) is 0 Å². The first-order valence-corrected chi connectivity index (χ1v) is 7.23. The lowest BCUT2D eigenvalue weighted by molar-refractivity contribution is 0.0736. The second-order valence-corrected chi connectivity index (χ2v) is 5.57. The average molecular weight is 311 g/mol. The largest absolute Gasteiger partial charge is 0.491 e. The predicted molar refractivity (Wildman–Crippen MR) is 74.3 cm³/mol. The fraction of sp³-hybridized carbons (Fsp3) is 0.438. The molecule has 22 heavy (non-hydrogen) atoms. The first-order chi connectivity index (χ1) is 10.5. The molecule has 6 heteroatoms. The summed E-state index contributed by atoms with van der Waals surface area (Å²) < 4.78 is 45.6. The topological polar surface area (TPSA) is 29.5 Å². The summed E-state index contributed by atoms with van der Waals surface area (Å²) in [6.07, 6.45) is 3.81. The highest BCUT2D eigenvalue weighted by atomic mass is 19.2. The van der Waals surface area contributed by atoms with Crippen LogP contribution in [0.4, 0.5) is 13.2 Å². The van der Waals surface area contributed by atoms with E-state index in [0.717, 1.165) is 32.8 Å². The molecule has 1 amide bonds. The Morgan fingerprint density at radius 3 is 2.18 bits per heavy atom. The van der Waals surface area contributed by atoms with Crippen molar-refractivity contribution >= 4 is 5.91 Å². The first-order valence-electron chi connectivity index (χ1n) is 7.23. The van der Waals surface area contributed by atoms with Gasteiger partial charge in [0.1, 0.15) is 0 Å². The average Bonchev–Trinajstić information content (AvgIpc) is 3.36. The molecule has 0 bridgehead atoms. The van der Waals surface area contributed by atoms with Crippen LogP contribution in [0.2, 0.25) is 0 Å². The maximum Gasteiger partial charge on any atom is 0.257 e. The summed E-state index contributed by atoms with van der Waals surface area (Å²) in [6.45, 7) is 0.941. The number of piperidine rings is 1. The monoisotopic (exact) mass is 311 g/mol. The zero-order valence-electron chi connectivity index (χ0n) is 12.2. The van der Waals surface area contributed by atoms with Crippen LogP contribution < -0.4 is 4.74 Å². The number of carbonyl (C=O) groups excluding carboxylic acids is 1. The minimum atomic E-state index is -1.42. The summed E-state index contributed by atoms with van der Waals surface area (Å²) in [5, 5.41) is 0. The fourth-order valence-electron chi connectivity index (χ4n) is 2.84. The zero-order chi connectivity index (χ0) is 15.9. The number of benzene rings is 1. The molecule has 3 rings (SSSR count). The van der Waals surface area contributed by atoms with Gasteiger partial charge >= 0.3 is 0 Å². The smallest absolute Gasteiger partial charge is 0.257 e. The molecule has 0 N–H and O–H groups in total. The second kappa shape index (κ2) is 5.66. The minimum Gasteiger partial charge on any atom is -0.491 e. The van der Waals surface area contributed by atoms with Crippen LogP contribution >= 0.6 is 0 Å². The summed E-state index contributed by atoms with van der Waals surface area (Å²) in [4.78, 5) is 13.8. The number of ether oxygens (including phenoxy) is 1. The van der Waals surface area contributed by atoms with E-state index >= 15 is 0 Å². The third-order valence-corrected chi connectivity index (χ3v) is 4.20. The van der Waals surface area contributed by atoms with Crippen LogP contribution in [0.3, 0.4) is 0 Å². The van der Waals surface area contributed by atoms with Gasteiger partial charge in [0.25, 0.3) is 5.91 Å². The van der Waals surface area contributed by atoms with Gasteiger partial charge in [-0.1, -0.05) is 11.1 Å². The Balaban J connectivity index is 1.83. The standard InChI is InChI=1S/C16H16F3NO2/c1-22-15-13(18)11(8-12(17)14(15)19)16(21)20-6-4-10(5-7-20)9-2-3-9/h8H,2-7H2,1H3. The SMILES string of the molecule is COc1c(F)c(F)cc(C(=O)N2CCC(=C3CC3)CC2)c1F. The summed E-state index contributed by atoms with van der Waals surface area (Å²) in [5.41, 5.74) is 2.36. The van der Waals surface area contributed by atoms with Crippen LogP contribution in [0.15, 0.2) is 17.2 Å². The van der Waals surface area contributed by atoms with E-state index in [4.69, 9.17) is 0 Å². The third kappa shape index (κ3) is 2.58. The molecule has 118 valence electrons. The fourth-order valence-corrected chi connectivity index (χ4v) is 2.84. The van der Waals surface area contributed by atoms with Gasteiger partial charge in [-0.3, -0.25) is 4.79 Å². The molecule has 0 atom stereocenters. The summed E-state index contributed by atoms with van der Waals surface area (Å²) in [7, 11) is 1.03. The van der Waals surface area contributed by atoms with Gasteiger partial charge in [0.05, 0.1) is 12.7 Å². The molecule has 1 saturated carbocycles. The molecule has 1 saturated heterocycles. The number of nitrogens with zero attached hydrogens (tertiary/aromatic N) is 1. The molecule has 1 aliphatic carbocycles. The number of hydrogen-bond acceptors (Lipinski definition) is 2. The van der Waals surface area contributed by atoms with E-state index in [-0.39, 0.29) is 0 Å². The quantitative estimate of drug-likeness (QED) is 0.618. The summed E-state index contributed by atoms with van der Waals surface area (Å²) in [6, 6.07) is 0.602. The third-order valence-electron chi connectivity index (χ3n) is 4.20. The number of hydrogen-bond donors (Lipinski definition) is 0. The van der Waals surface area contributed by atoms with Crippen LogP contribution in [-0.2, 0) is 0 Å². The molecule has 0 spiro atoms. The molecule has 0 aromatic heterocycles. The van der Waals surface area contributed by atoms with Crippen LogP contribution in [-0.4, -0.2) is 31.0 Å². The van der Waals surface area contributed by atoms with Crippen molar-refractivity contribution in [2.24, 2.45) is 0 Å². The Kier molecular flexibility index (Phi) is 3.85. The summed E-state index contributed by atoms with van der Waals surface area (Å²) in [5.74, 6) is -5.36. The van der Waals surface area contributed by atoms with Crippen molar-refractivity contribution in [2.45, 2.75) is 25.7 Å². The highest BCUT2D eigenvalue weighted by Gasteiger charge is 2.29. The molecule has 1 aliphatic heterocycles. The van der Waals surface area contributed by atoms with Gasteiger partial charge in [0.2, 0.25) is 5.82 Å². The Morgan fingerprint density at radius 1 is 1.05 bits per heavy atom. The van der Waals surface area contributed by atoms with Crippen molar-refractivity contribution < 1.29 is 22.7 Å². The summed E-state index contributed by atoms with van der Waals surface area (Å²) >= 11 is 0. The lowest BCUT2D eigenvalue weighted by atomic mass is 10.0. The number of methoxy groups -OCH3 is 1.